The van der Waals surface area contributed by atoms with Gasteiger partial charge >= 0.3 is 0 Å². The molecule has 0 rings (SSSR count). The monoisotopic (exact) mass is 158 g/mol. The molecule has 68 valence electrons. The molecule has 0 aliphatic heterocycles. The quantitative estimate of drug-likeness (QED) is 0.646. The Kier molecular flexibility index (Phi) is 5.51. The van der Waals surface area contributed by atoms with E-state index in [0.717, 1.165) is 19.0 Å². The lowest BCUT2D eigenvalue weighted by atomic mass is 10.1. The molecule has 2 nitrogen and oxygen atoms in total. The van der Waals surface area contributed by atoms with Crippen molar-refractivity contribution in [1.82, 2.24) is 10.2 Å². The van der Waals surface area contributed by atoms with Crippen molar-refractivity contribution >= 4 is 0 Å². The van der Waals surface area contributed by atoms with Crippen molar-refractivity contribution in [3.63, 3.8) is 0 Å². The van der Waals surface area contributed by atoms with Gasteiger partial charge in [-0.1, -0.05) is 13.8 Å². The van der Waals surface area contributed by atoms with E-state index in [9.17, 15) is 0 Å². The van der Waals surface area contributed by atoms with E-state index in [2.05, 4.69) is 38.0 Å². The normalized spacial score (nSPS) is 14.5. The Morgan fingerprint density at radius 2 is 1.82 bits per heavy atom. The van der Waals surface area contributed by atoms with Crippen LogP contribution in [0.15, 0.2) is 0 Å². The number of nitrogens with one attached hydrogen (secondary N) is 1. The van der Waals surface area contributed by atoms with Crippen molar-refractivity contribution in [1.29, 1.82) is 0 Å². The molecule has 1 atom stereocenters. The lowest BCUT2D eigenvalue weighted by molar-refractivity contribution is 0.210. The van der Waals surface area contributed by atoms with Crippen molar-refractivity contribution < 1.29 is 0 Å². The van der Waals surface area contributed by atoms with Crippen molar-refractivity contribution in [3.05, 3.63) is 0 Å². The van der Waals surface area contributed by atoms with E-state index in [4.69, 9.17) is 0 Å². The fourth-order valence-corrected chi connectivity index (χ4v) is 1.00. The summed E-state index contributed by atoms with van der Waals surface area (Å²) in [5.74, 6) is 0.747. The highest BCUT2D eigenvalue weighted by Crippen LogP contribution is 2.06. The molecule has 11 heavy (non-hydrogen) atoms. The number of hydrogen-bond acceptors (Lipinski definition) is 2. The fraction of sp³-hybridized carbons (Fsp3) is 1.00. The molecular weight excluding hydrogens is 136 g/mol. The standard InChI is InChI=1S/C9H22N2/c1-8(2)9(3)11(5)7-6-10-4/h8-10H,6-7H2,1-5H3. The third-order valence-corrected chi connectivity index (χ3v) is 2.37. The van der Waals surface area contributed by atoms with Gasteiger partial charge in [0, 0.05) is 19.1 Å². The molecular formula is C9H22N2. The summed E-state index contributed by atoms with van der Waals surface area (Å²) in [5, 5.41) is 3.15. The zero-order valence-electron chi connectivity index (χ0n) is 8.52. The fourth-order valence-electron chi connectivity index (χ4n) is 1.00. The van der Waals surface area contributed by atoms with Gasteiger partial charge < -0.3 is 10.2 Å². The molecule has 0 fully saturated rings. The minimum absolute atomic E-state index is 0.684. The first-order valence-electron chi connectivity index (χ1n) is 4.44. The molecule has 0 heterocycles. The van der Waals surface area contributed by atoms with Gasteiger partial charge in [-0.15, -0.1) is 0 Å². The number of hydrogen-bond donors (Lipinski definition) is 1. The summed E-state index contributed by atoms with van der Waals surface area (Å²) >= 11 is 0. The zero-order valence-corrected chi connectivity index (χ0v) is 8.52. The molecule has 0 aromatic carbocycles. The first kappa shape index (κ1) is 10.9. The summed E-state index contributed by atoms with van der Waals surface area (Å²) in [7, 11) is 4.18. The zero-order chi connectivity index (χ0) is 8.85. The van der Waals surface area contributed by atoms with Gasteiger partial charge in [-0.3, -0.25) is 0 Å². The topological polar surface area (TPSA) is 15.3 Å². The van der Waals surface area contributed by atoms with Crippen LogP contribution in [0.2, 0.25) is 0 Å². The smallest absolute Gasteiger partial charge is 0.0107 e. The van der Waals surface area contributed by atoms with Gasteiger partial charge in [0.1, 0.15) is 0 Å². The Balaban J connectivity index is 3.55. The second-order valence-electron chi connectivity index (χ2n) is 3.57. The van der Waals surface area contributed by atoms with E-state index in [-0.39, 0.29) is 0 Å². The second-order valence-corrected chi connectivity index (χ2v) is 3.57. The van der Waals surface area contributed by atoms with Gasteiger partial charge in [-0.25, -0.2) is 0 Å². The largest absolute Gasteiger partial charge is 0.318 e. The Labute approximate surface area is 71.0 Å². The van der Waals surface area contributed by atoms with Crippen LogP contribution < -0.4 is 5.32 Å². The van der Waals surface area contributed by atoms with Crippen LogP contribution in [-0.4, -0.2) is 38.1 Å². The Morgan fingerprint density at radius 1 is 1.27 bits per heavy atom. The van der Waals surface area contributed by atoms with Crippen LogP contribution in [0.1, 0.15) is 20.8 Å². The van der Waals surface area contributed by atoms with Gasteiger partial charge in [0.05, 0.1) is 0 Å². The molecule has 0 amide bonds. The summed E-state index contributed by atoms with van der Waals surface area (Å²) in [6, 6.07) is 0.684. The lowest BCUT2D eigenvalue weighted by Crippen LogP contribution is -2.37. The van der Waals surface area contributed by atoms with Crippen LogP contribution in [0.5, 0.6) is 0 Å². The highest BCUT2D eigenvalue weighted by molar-refractivity contribution is 4.66. The Hall–Kier alpha value is -0.0800. The SMILES string of the molecule is CNCCN(C)C(C)C(C)C. The van der Waals surface area contributed by atoms with Crippen molar-refractivity contribution in [2.24, 2.45) is 5.92 Å². The number of likely N-dealkylation sites (N-methyl/N-ethyl adjacent to an activating group) is 2. The molecule has 0 spiro atoms. The van der Waals surface area contributed by atoms with E-state index in [1.807, 2.05) is 7.05 Å². The second kappa shape index (κ2) is 5.56. The minimum Gasteiger partial charge on any atom is -0.318 e. The molecule has 0 bridgehead atoms. The summed E-state index contributed by atoms with van der Waals surface area (Å²) in [5.41, 5.74) is 0. The maximum absolute atomic E-state index is 3.15. The Morgan fingerprint density at radius 3 is 2.18 bits per heavy atom. The van der Waals surface area contributed by atoms with Crippen LogP contribution in [0.4, 0.5) is 0 Å². The van der Waals surface area contributed by atoms with E-state index in [1.165, 1.54) is 0 Å². The molecule has 0 saturated heterocycles. The van der Waals surface area contributed by atoms with Gasteiger partial charge in [0.25, 0.3) is 0 Å². The molecule has 2 heteroatoms. The third kappa shape index (κ3) is 4.38. The van der Waals surface area contributed by atoms with E-state index < -0.39 is 0 Å². The van der Waals surface area contributed by atoms with Crippen LogP contribution in [0.3, 0.4) is 0 Å². The summed E-state index contributed by atoms with van der Waals surface area (Å²) in [4.78, 5) is 2.39. The van der Waals surface area contributed by atoms with Crippen molar-refractivity contribution in [2.45, 2.75) is 26.8 Å². The first-order chi connectivity index (χ1) is 5.09. The van der Waals surface area contributed by atoms with E-state index >= 15 is 0 Å². The maximum Gasteiger partial charge on any atom is 0.0107 e. The van der Waals surface area contributed by atoms with Crippen LogP contribution in [0.25, 0.3) is 0 Å². The summed E-state index contributed by atoms with van der Waals surface area (Å²) in [6.07, 6.45) is 0. The molecule has 0 aromatic rings. The molecule has 1 N–H and O–H groups in total. The summed E-state index contributed by atoms with van der Waals surface area (Å²) < 4.78 is 0. The first-order valence-corrected chi connectivity index (χ1v) is 4.44. The third-order valence-electron chi connectivity index (χ3n) is 2.37. The molecule has 0 aliphatic carbocycles. The highest BCUT2D eigenvalue weighted by atomic mass is 15.1. The minimum atomic E-state index is 0.684. The average Bonchev–Trinajstić information content (AvgIpc) is 1.98. The molecule has 0 aromatic heterocycles. The van der Waals surface area contributed by atoms with E-state index in [0.29, 0.717) is 6.04 Å². The predicted octanol–water partition coefficient (Wildman–Crippen LogP) is 1.18. The van der Waals surface area contributed by atoms with Crippen LogP contribution >= 0.6 is 0 Å². The molecule has 0 aliphatic rings. The molecule has 0 radical (unpaired) electrons. The van der Waals surface area contributed by atoms with Gasteiger partial charge in [-0.05, 0) is 26.9 Å². The van der Waals surface area contributed by atoms with Crippen molar-refractivity contribution in [2.75, 3.05) is 27.2 Å². The average molecular weight is 158 g/mol. The van der Waals surface area contributed by atoms with Crippen LogP contribution in [-0.2, 0) is 0 Å². The van der Waals surface area contributed by atoms with Crippen molar-refractivity contribution in [3.8, 4) is 0 Å². The van der Waals surface area contributed by atoms with Gasteiger partial charge in [0.2, 0.25) is 0 Å². The molecule has 0 saturated carbocycles. The van der Waals surface area contributed by atoms with Gasteiger partial charge in [0.15, 0.2) is 0 Å². The predicted molar refractivity (Wildman–Crippen MR) is 50.9 cm³/mol. The maximum atomic E-state index is 3.15. The highest BCUT2D eigenvalue weighted by Gasteiger charge is 2.11. The number of nitrogens with zero attached hydrogens (tertiary/aromatic N) is 1. The van der Waals surface area contributed by atoms with Crippen LogP contribution in [0, 0.1) is 5.92 Å². The molecule has 1 unspecified atom stereocenters. The van der Waals surface area contributed by atoms with Gasteiger partial charge in [-0.2, -0.15) is 0 Å². The number of rotatable bonds is 5. The summed E-state index contributed by atoms with van der Waals surface area (Å²) in [6.45, 7) is 9.02. The van der Waals surface area contributed by atoms with E-state index in [1.54, 1.807) is 0 Å². The lowest BCUT2D eigenvalue weighted by Gasteiger charge is -2.27. The Bertz CT molecular complexity index is 91.6.